The van der Waals surface area contributed by atoms with Crippen molar-refractivity contribution in [3.63, 3.8) is 0 Å². The second-order valence-electron chi connectivity index (χ2n) is 10.3. The fourth-order valence-corrected chi connectivity index (χ4v) is 4.38. The van der Waals surface area contributed by atoms with Crippen molar-refractivity contribution >= 4 is 5.97 Å². The first-order valence-electron chi connectivity index (χ1n) is 11.2. The normalized spacial score (nSPS) is 16.7. The minimum Gasteiger partial charge on any atom is -0.457 e. The van der Waals surface area contributed by atoms with Crippen LogP contribution in [-0.2, 0) is 16.0 Å². The third kappa shape index (κ3) is 6.05. The van der Waals surface area contributed by atoms with Gasteiger partial charge < -0.3 is 10.5 Å². The van der Waals surface area contributed by atoms with Crippen molar-refractivity contribution in [3.05, 3.63) is 71.6 Å². The fourth-order valence-electron chi connectivity index (χ4n) is 4.38. The lowest BCUT2D eigenvalue weighted by Crippen LogP contribution is -2.39. The third-order valence-corrected chi connectivity index (χ3v) is 6.26. The number of carbonyl (C=O) groups excluding carboxylic acids is 1. The molecule has 0 aliphatic heterocycles. The summed E-state index contributed by atoms with van der Waals surface area (Å²) in [5, 5.41) is 0. The van der Waals surface area contributed by atoms with Crippen molar-refractivity contribution in [2.75, 3.05) is 0 Å². The van der Waals surface area contributed by atoms with Crippen LogP contribution in [0.5, 0.6) is 0 Å². The second-order valence-corrected chi connectivity index (χ2v) is 10.3. The zero-order valence-corrected chi connectivity index (χ0v) is 19.7. The summed E-state index contributed by atoms with van der Waals surface area (Å²) in [6, 6.07) is 7.55. The average molecular weight is 460 g/mol. The van der Waals surface area contributed by atoms with E-state index >= 15 is 4.39 Å². The van der Waals surface area contributed by atoms with Gasteiger partial charge in [-0.25, -0.2) is 18.0 Å². The van der Waals surface area contributed by atoms with Gasteiger partial charge in [0.05, 0.1) is 0 Å². The van der Waals surface area contributed by atoms with Gasteiger partial charge in [-0.1, -0.05) is 31.7 Å². The summed E-state index contributed by atoms with van der Waals surface area (Å²) in [4.78, 5) is 12.3. The van der Waals surface area contributed by atoms with E-state index in [1.807, 2.05) is 6.92 Å². The molecule has 1 aliphatic rings. The third-order valence-electron chi connectivity index (χ3n) is 6.26. The van der Waals surface area contributed by atoms with E-state index in [9.17, 15) is 13.6 Å². The number of benzene rings is 2. The molecule has 1 fully saturated rings. The van der Waals surface area contributed by atoms with E-state index in [2.05, 4.69) is 6.58 Å². The van der Waals surface area contributed by atoms with Crippen LogP contribution < -0.4 is 5.73 Å². The van der Waals surface area contributed by atoms with E-state index in [0.717, 1.165) is 31.0 Å². The molecule has 2 atom stereocenters. The van der Waals surface area contributed by atoms with Gasteiger partial charge in [-0.3, -0.25) is 0 Å². The van der Waals surface area contributed by atoms with Crippen molar-refractivity contribution in [1.29, 1.82) is 0 Å². The minimum atomic E-state index is -0.758. The second kappa shape index (κ2) is 9.34. The van der Waals surface area contributed by atoms with E-state index in [4.69, 9.17) is 10.5 Å². The molecule has 2 aromatic rings. The first-order valence-corrected chi connectivity index (χ1v) is 11.2. The van der Waals surface area contributed by atoms with Crippen molar-refractivity contribution < 1.29 is 22.7 Å². The van der Waals surface area contributed by atoms with E-state index in [1.54, 1.807) is 32.9 Å². The Morgan fingerprint density at radius 2 is 1.76 bits per heavy atom. The molecule has 0 amide bonds. The molecule has 33 heavy (non-hydrogen) atoms. The monoisotopic (exact) mass is 459 g/mol. The maximum atomic E-state index is 15.3. The topological polar surface area (TPSA) is 52.3 Å². The predicted molar refractivity (Wildman–Crippen MR) is 124 cm³/mol. The van der Waals surface area contributed by atoms with E-state index in [-0.39, 0.29) is 28.5 Å². The Bertz CT molecular complexity index is 1030. The van der Waals surface area contributed by atoms with Gasteiger partial charge in [-0.05, 0) is 81.0 Å². The minimum absolute atomic E-state index is 0.0899. The molecule has 3 nitrogen and oxygen atoms in total. The van der Waals surface area contributed by atoms with Crippen LogP contribution in [0.3, 0.4) is 0 Å². The molecule has 0 unspecified atom stereocenters. The Morgan fingerprint density at radius 1 is 1.15 bits per heavy atom. The lowest BCUT2D eigenvalue weighted by Gasteiger charge is -2.30. The molecule has 0 aromatic heterocycles. The molecular weight excluding hydrogens is 427 g/mol. The van der Waals surface area contributed by atoms with Crippen LogP contribution in [0.1, 0.15) is 52.5 Å². The summed E-state index contributed by atoms with van der Waals surface area (Å²) in [5.74, 6) is -2.54. The van der Waals surface area contributed by atoms with Gasteiger partial charge in [0, 0.05) is 23.2 Å². The smallest absolute Gasteiger partial charge is 0.333 e. The number of rotatable bonds is 8. The molecule has 178 valence electrons. The molecular formula is C27H32F3NO2. The van der Waals surface area contributed by atoms with Gasteiger partial charge >= 0.3 is 5.97 Å². The van der Waals surface area contributed by atoms with Gasteiger partial charge in [-0.15, -0.1) is 0 Å². The first kappa shape index (κ1) is 25.0. The molecule has 0 radical (unpaired) electrons. The molecule has 1 aliphatic carbocycles. The maximum absolute atomic E-state index is 15.3. The lowest BCUT2D eigenvalue weighted by molar-refractivity contribution is -0.150. The molecule has 2 aromatic carbocycles. The number of halogens is 3. The molecule has 1 saturated carbocycles. The van der Waals surface area contributed by atoms with Crippen molar-refractivity contribution in [2.45, 2.75) is 65.0 Å². The largest absolute Gasteiger partial charge is 0.457 e. The Balaban J connectivity index is 1.73. The fraction of sp³-hybridized carbons (Fsp3) is 0.444. The Hall–Kier alpha value is -2.60. The Morgan fingerprint density at radius 3 is 2.30 bits per heavy atom. The quantitative estimate of drug-likeness (QED) is 0.370. The summed E-state index contributed by atoms with van der Waals surface area (Å²) in [6.07, 6.45) is 2.54. The highest BCUT2D eigenvalue weighted by molar-refractivity contribution is 5.88. The highest BCUT2D eigenvalue weighted by Gasteiger charge is 2.50. The SMILES string of the molecule is C=C(CC1([C@H](N)[C@@H](C)Cc2cccc(-c3cc(F)cc(F)c3)c2F)CC1)C(=O)OC(C)(C)C. The van der Waals surface area contributed by atoms with Crippen LogP contribution in [0.2, 0.25) is 0 Å². The van der Waals surface area contributed by atoms with Crippen molar-refractivity contribution in [3.8, 4) is 11.1 Å². The highest BCUT2D eigenvalue weighted by atomic mass is 19.1. The number of carbonyl (C=O) groups is 1. The average Bonchev–Trinajstić information content (AvgIpc) is 3.47. The van der Waals surface area contributed by atoms with Crippen LogP contribution in [-0.4, -0.2) is 17.6 Å². The maximum Gasteiger partial charge on any atom is 0.333 e. The van der Waals surface area contributed by atoms with Crippen LogP contribution in [0.4, 0.5) is 13.2 Å². The molecule has 0 bridgehead atoms. The zero-order chi connectivity index (χ0) is 24.6. The van der Waals surface area contributed by atoms with Gasteiger partial charge in [0.1, 0.15) is 23.1 Å². The standard InChI is InChI=1S/C27H32F3NO2/c1-16(24(31)27(9-10-27)15-17(2)25(32)33-26(3,4)5)11-18-7-6-8-22(23(18)30)19-12-20(28)14-21(29)13-19/h6-8,12-14,16,24H,2,9-11,15,31H2,1,3-5H3/t16-,24+/m0/s1. The summed E-state index contributed by atoms with van der Waals surface area (Å²) in [5.41, 5.74) is 6.87. The number of hydrogen-bond acceptors (Lipinski definition) is 3. The highest BCUT2D eigenvalue weighted by Crippen LogP contribution is 2.54. The molecule has 0 spiro atoms. The van der Waals surface area contributed by atoms with Gasteiger partial charge in [0.2, 0.25) is 0 Å². The molecule has 2 N–H and O–H groups in total. The number of esters is 1. The lowest BCUT2D eigenvalue weighted by atomic mass is 9.80. The van der Waals surface area contributed by atoms with E-state index < -0.39 is 29.0 Å². The van der Waals surface area contributed by atoms with E-state index in [0.29, 0.717) is 24.0 Å². The summed E-state index contributed by atoms with van der Waals surface area (Å²) in [6.45, 7) is 11.3. The van der Waals surface area contributed by atoms with Crippen molar-refractivity contribution in [1.82, 2.24) is 0 Å². The van der Waals surface area contributed by atoms with Gasteiger partial charge in [0.15, 0.2) is 0 Å². The molecule has 6 heteroatoms. The van der Waals surface area contributed by atoms with Crippen molar-refractivity contribution in [2.24, 2.45) is 17.1 Å². The molecule has 3 rings (SSSR count). The molecule has 0 saturated heterocycles. The summed E-state index contributed by atoms with van der Waals surface area (Å²) < 4.78 is 48.0. The first-order chi connectivity index (χ1) is 15.3. The van der Waals surface area contributed by atoms with Crippen LogP contribution in [0, 0.1) is 28.8 Å². The van der Waals surface area contributed by atoms with Crippen LogP contribution in [0.15, 0.2) is 48.6 Å². The Labute approximate surface area is 193 Å². The van der Waals surface area contributed by atoms with Crippen LogP contribution >= 0.6 is 0 Å². The summed E-state index contributed by atoms with van der Waals surface area (Å²) >= 11 is 0. The van der Waals surface area contributed by atoms with Crippen LogP contribution in [0.25, 0.3) is 11.1 Å². The number of ether oxygens (including phenoxy) is 1. The summed E-state index contributed by atoms with van der Waals surface area (Å²) in [7, 11) is 0. The number of nitrogens with two attached hydrogens (primary N) is 1. The Kier molecular flexibility index (Phi) is 7.08. The van der Waals surface area contributed by atoms with Gasteiger partial charge in [0.25, 0.3) is 0 Å². The zero-order valence-electron chi connectivity index (χ0n) is 19.7. The van der Waals surface area contributed by atoms with E-state index in [1.165, 1.54) is 6.07 Å². The predicted octanol–water partition coefficient (Wildman–Crippen LogP) is 6.35. The number of hydrogen-bond donors (Lipinski definition) is 1. The molecule has 0 heterocycles. The van der Waals surface area contributed by atoms with Gasteiger partial charge in [-0.2, -0.15) is 0 Å².